The Labute approximate surface area is 140 Å². The fourth-order valence-electron chi connectivity index (χ4n) is 2.18. The summed E-state index contributed by atoms with van der Waals surface area (Å²) in [7, 11) is 0. The van der Waals surface area contributed by atoms with Crippen molar-refractivity contribution in [3.05, 3.63) is 71.5 Å². The molecule has 0 saturated carbocycles. The van der Waals surface area contributed by atoms with E-state index in [4.69, 9.17) is 4.74 Å². The van der Waals surface area contributed by atoms with Gasteiger partial charge in [0, 0.05) is 6.54 Å². The fourth-order valence-corrected chi connectivity index (χ4v) is 2.18. The first-order chi connectivity index (χ1) is 11.5. The van der Waals surface area contributed by atoms with E-state index in [0.29, 0.717) is 12.1 Å². The second-order valence-electron chi connectivity index (χ2n) is 5.58. The molecule has 4 nitrogen and oxygen atoms in total. The molecular weight excluding hydrogens is 309 g/mol. The molecule has 0 aromatic heterocycles. The van der Waals surface area contributed by atoms with E-state index in [9.17, 15) is 14.0 Å². The van der Waals surface area contributed by atoms with Crippen LogP contribution in [0.15, 0.2) is 54.6 Å². The lowest BCUT2D eigenvalue weighted by Crippen LogP contribution is -2.31. The molecule has 2 rings (SSSR count). The Balaban J connectivity index is 1.69. The number of esters is 1. The molecule has 0 bridgehead atoms. The van der Waals surface area contributed by atoms with E-state index < -0.39 is 5.97 Å². The summed E-state index contributed by atoms with van der Waals surface area (Å²) in [6.45, 7) is 2.16. The molecule has 0 fully saturated rings. The van der Waals surface area contributed by atoms with Gasteiger partial charge in [-0.2, -0.15) is 0 Å². The SMILES string of the molecule is C[C@H](CNC(=O)COC(=O)Cc1ccc(F)cc1)c1ccccc1. The zero-order valence-electron chi connectivity index (χ0n) is 13.5. The molecule has 126 valence electrons. The first-order valence-corrected chi connectivity index (χ1v) is 7.76. The van der Waals surface area contributed by atoms with Gasteiger partial charge in [0.15, 0.2) is 6.61 Å². The molecule has 2 aromatic carbocycles. The quantitative estimate of drug-likeness (QED) is 0.795. The predicted molar refractivity (Wildman–Crippen MR) is 88.9 cm³/mol. The molecule has 0 aliphatic rings. The largest absolute Gasteiger partial charge is 0.455 e. The van der Waals surface area contributed by atoms with Gasteiger partial charge in [0.2, 0.25) is 0 Å². The van der Waals surface area contributed by atoms with E-state index in [1.54, 1.807) is 0 Å². The van der Waals surface area contributed by atoms with Crippen LogP contribution in [0.25, 0.3) is 0 Å². The van der Waals surface area contributed by atoms with Crippen LogP contribution in [-0.4, -0.2) is 25.0 Å². The number of rotatable bonds is 7. The van der Waals surface area contributed by atoms with Crippen LogP contribution < -0.4 is 5.32 Å². The van der Waals surface area contributed by atoms with E-state index in [1.165, 1.54) is 24.3 Å². The van der Waals surface area contributed by atoms with Crippen molar-refractivity contribution in [2.75, 3.05) is 13.2 Å². The number of nitrogens with one attached hydrogen (secondary N) is 1. The average Bonchev–Trinajstić information content (AvgIpc) is 2.60. The lowest BCUT2D eigenvalue weighted by molar-refractivity contribution is -0.147. The van der Waals surface area contributed by atoms with Crippen LogP contribution in [0, 0.1) is 5.82 Å². The standard InChI is InChI=1S/C19H20FNO3/c1-14(16-5-3-2-4-6-16)12-21-18(22)13-24-19(23)11-15-7-9-17(20)10-8-15/h2-10,14H,11-13H2,1H3,(H,21,22)/t14-/m1/s1. The molecule has 0 unspecified atom stereocenters. The maximum atomic E-state index is 12.8. The summed E-state index contributed by atoms with van der Waals surface area (Å²) < 4.78 is 17.7. The van der Waals surface area contributed by atoms with Gasteiger partial charge in [-0.15, -0.1) is 0 Å². The van der Waals surface area contributed by atoms with Gasteiger partial charge in [0.05, 0.1) is 6.42 Å². The molecule has 0 heterocycles. The molecule has 0 aliphatic heterocycles. The van der Waals surface area contributed by atoms with Crippen LogP contribution in [0.5, 0.6) is 0 Å². The molecule has 1 amide bonds. The topological polar surface area (TPSA) is 55.4 Å². The minimum Gasteiger partial charge on any atom is -0.455 e. The summed E-state index contributed by atoms with van der Waals surface area (Å²) in [5.74, 6) is -1.05. The van der Waals surface area contributed by atoms with Gasteiger partial charge in [-0.05, 0) is 29.2 Å². The fraction of sp³-hybridized carbons (Fsp3) is 0.263. The maximum absolute atomic E-state index is 12.8. The molecule has 0 spiro atoms. The molecule has 0 radical (unpaired) electrons. The van der Waals surface area contributed by atoms with E-state index in [-0.39, 0.29) is 30.7 Å². The number of hydrogen-bond acceptors (Lipinski definition) is 3. The number of carbonyl (C=O) groups is 2. The monoisotopic (exact) mass is 329 g/mol. The summed E-state index contributed by atoms with van der Waals surface area (Å²) in [5.41, 5.74) is 1.77. The van der Waals surface area contributed by atoms with Crippen LogP contribution >= 0.6 is 0 Å². The van der Waals surface area contributed by atoms with Crippen LogP contribution in [0.3, 0.4) is 0 Å². The Hall–Kier alpha value is -2.69. The molecule has 1 N–H and O–H groups in total. The first kappa shape index (κ1) is 17.7. The molecular formula is C19H20FNO3. The van der Waals surface area contributed by atoms with Gasteiger partial charge in [0.25, 0.3) is 5.91 Å². The maximum Gasteiger partial charge on any atom is 0.310 e. The molecule has 5 heteroatoms. The minimum atomic E-state index is -0.520. The number of amides is 1. The number of benzene rings is 2. The van der Waals surface area contributed by atoms with Crippen molar-refractivity contribution in [2.24, 2.45) is 0 Å². The molecule has 1 atom stereocenters. The van der Waals surface area contributed by atoms with Crippen molar-refractivity contribution in [1.29, 1.82) is 0 Å². The number of ether oxygens (including phenoxy) is 1. The lowest BCUT2D eigenvalue weighted by atomic mass is 10.0. The Morgan fingerprint density at radius 2 is 1.75 bits per heavy atom. The normalized spacial score (nSPS) is 11.6. The highest BCUT2D eigenvalue weighted by atomic mass is 19.1. The smallest absolute Gasteiger partial charge is 0.310 e. The highest BCUT2D eigenvalue weighted by molar-refractivity contribution is 5.81. The van der Waals surface area contributed by atoms with Gasteiger partial charge in [-0.25, -0.2) is 4.39 Å². The zero-order chi connectivity index (χ0) is 17.4. The predicted octanol–water partition coefficient (Wildman–Crippen LogP) is 2.83. The van der Waals surface area contributed by atoms with E-state index in [0.717, 1.165) is 5.56 Å². The van der Waals surface area contributed by atoms with Crippen LogP contribution in [-0.2, 0) is 20.7 Å². The summed E-state index contributed by atoms with van der Waals surface area (Å²) in [6.07, 6.45) is 0.00791. The van der Waals surface area contributed by atoms with Crippen molar-refractivity contribution in [1.82, 2.24) is 5.32 Å². The van der Waals surface area contributed by atoms with Gasteiger partial charge in [-0.3, -0.25) is 9.59 Å². The highest BCUT2D eigenvalue weighted by Crippen LogP contribution is 2.12. The van der Waals surface area contributed by atoms with Crippen molar-refractivity contribution in [2.45, 2.75) is 19.3 Å². The highest BCUT2D eigenvalue weighted by Gasteiger charge is 2.10. The van der Waals surface area contributed by atoms with E-state index in [2.05, 4.69) is 5.32 Å². The van der Waals surface area contributed by atoms with Gasteiger partial charge >= 0.3 is 5.97 Å². The van der Waals surface area contributed by atoms with E-state index >= 15 is 0 Å². The van der Waals surface area contributed by atoms with Gasteiger partial charge < -0.3 is 10.1 Å². The second-order valence-corrected chi connectivity index (χ2v) is 5.58. The molecule has 2 aromatic rings. The average molecular weight is 329 g/mol. The Morgan fingerprint density at radius 1 is 1.08 bits per heavy atom. The summed E-state index contributed by atoms with van der Waals surface area (Å²) >= 11 is 0. The molecule has 0 aliphatic carbocycles. The minimum absolute atomic E-state index is 0.00791. The van der Waals surface area contributed by atoms with E-state index in [1.807, 2.05) is 37.3 Å². The summed E-state index contributed by atoms with van der Waals surface area (Å²) in [4.78, 5) is 23.4. The Kier molecular flexibility index (Phi) is 6.49. The number of halogens is 1. The van der Waals surface area contributed by atoms with Gasteiger partial charge in [-0.1, -0.05) is 49.4 Å². The summed E-state index contributed by atoms with van der Waals surface area (Å²) in [6, 6.07) is 15.4. The number of carbonyl (C=O) groups excluding carboxylic acids is 2. The Morgan fingerprint density at radius 3 is 2.42 bits per heavy atom. The second kappa shape index (κ2) is 8.82. The zero-order valence-corrected chi connectivity index (χ0v) is 13.5. The molecule has 24 heavy (non-hydrogen) atoms. The first-order valence-electron chi connectivity index (χ1n) is 7.76. The van der Waals surface area contributed by atoms with Crippen molar-refractivity contribution >= 4 is 11.9 Å². The molecule has 0 saturated heterocycles. The van der Waals surface area contributed by atoms with Crippen molar-refractivity contribution in [3.63, 3.8) is 0 Å². The van der Waals surface area contributed by atoms with Crippen LogP contribution in [0.1, 0.15) is 24.0 Å². The van der Waals surface area contributed by atoms with Gasteiger partial charge in [0.1, 0.15) is 5.82 Å². The lowest BCUT2D eigenvalue weighted by Gasteiger charge is -2.13. The third-order valence-corrected chi connectivity index (χ3v) is 3.60. The third kappa shape index (κ3) is 5.83. The Bertz CT molecular complexity index is 671. The van der Waals surface area contributed by atoms with Crippen LogP contribution in [0.2, 0.25) is 0 Å². The van der Waals surface area contributed by atoms with Crippen molar-refractivity contribution < 1.29 is 18.7 Å². The van der Waals surface area contributed by atoms with Crippen molar-refractivity contribution in [3.8, 4) is 0 Å². The van der Waals surface area contributed by atoms with Crippen LogP contribution in [0.4, 0.5) is 4.39 Å². The summed E-state index contributed by atoms with van der Waals surface area (Å²) in [5, 5.41) is 2.74. The number of hydrogen-bond donors (Lipinski definition) is 1. The third-order valence-electron chi connectivity index (χ3n) is 3.60.